The summed E-state index contributed by atoms with van der Waals surface area (Å²) in [7, 11) is 0. The maximum Gasteiger partial charge on any atom is 0.224 e. The molecule has 0 N–H and O–H groups in total. The number of fused-ring (bicyclic) bond motifs is 1. The van der Waals surface area contributed by atoms with E-state index in [1.54, 1.807) is 10.7 Å². The number of rotatable bonds is 6. The van der Waals surface area contributed by atoms with Gasteiger partial charge in [0.1, 0.15) is 0 Å². The Kier molecular flexibility index (Phi) is 6.26. The van der Waals surface area contributed by atoms with Gasteiger partial charge in [-0.05, 0) is 56.2 Å². The maximum atomic E-state index is 12.7. The van der Waals surface area contributed by atoms with E-state index in [9.17, 15) is 9.59 Å². The molecule has 0 spiro atoms. The van der Waals surface area contributed by atoms with Crippen molar-refractivity contribution in [3.8, 4) is 0 Å². The van der Waals surface area contributed by atoms with Crippen molar-refractivity contribution in [1.82, 2.24) is 14.7 Å². The monoisotopic (exact) mass is 403 g/mol. The third-order valence-electron chi connectivity index (χ3n) is 6.23. The fourth-order valence-corrected chi connectivity index (χ4v) is 4.30. The van der Waals surface area contributed by atoms with Gasteiger partial charge in [0.05, 0.1) is 18.3 Å². The normalized spacial score (nSPS) is 14.9. The lowest BCUT2D eigenvalue weighted by Gasteiger charge is -2.32. The van der Waals surface area contributed by atoms with Crippen LogP contribution in [0.25, 0.3) is 10.9 Å². The van der Waals surface area contributed by atoms with E-state index in [2.05, 4.69) is 36.3 Å². The molecule has 30 heavy (non-hydrogen) atoms. The first-order valence-corrected chi connectivity index (χ1v) is 10.9. The number of piperidine rings is 1. The highest BCUT2D eigenvalue weighted by Crippen LogP contribution is 2.23. The first-order valence-electron chi connectivity index (χ1n) is 10.9. The van der Waals surface area contributed by atoms with E-state index >= 15 is 0 Å². The number of aromatic nitrogens is 2. The highest BCUT2D eigenvalue weighted by Gasteiger charge is 2.22. The summed E-state index contributed by atoms with van der Waals surface area (Å²) in [6.07, 6.45) is 6.22. The Labute approximate surface area is 177 Å². The Morgan fingerprint density at radius 3 is 2.57 bits per heavy atom. The fraction of sp³-hybridized carbons (Fsp3) is 0.400. The number of nitrogens with zero attached hydrogens (tertiary/aromatic N) is 3. The van der Waals surface area contributed by atoms with Gasteiger partial charge in [-0.25, -0.2) is 0 Å². The fourth-order valence-electron chi connectivity index (χ4n) is 4.30. The van der Waals surface area contributed by atoms with Crippen molar-refractivity contribution in [1.29, 1.82) is 0 Å². The standard InChI is InChI=1S/C25H29N3O2/c1-19-6-8-20(9-7-19)10-11-21-12-15-27(16-13-21)25(30)14-17-28-23-5-3-2-4-22(23)24(29)18-26-28/h2-9,18,21H,10-17H2,1H3. The summed E-state index contributed by atoms with van der Waals surface area (Å²) in [6, 6.07) is 16.2. The van der Waals surface area contributed by atoms with Crippen LogP contribution in [0.5, 0.6) is 0 Å². The lowest BCUT2D eigenvalue weighted by molar-refractivity contribution is -0.132. The molecular formula is C25H29N3O2. The predicted molar refractivity (Wildman–Crippen MR) is 119 cm³/mol. The molecule has 1 aromatic heterocycles. The largest absolute Gasteiger partial charge is 0.343 e. The second-order valence-electron chi connectivity index (χ2n) is 8.35. The number of hydrogen-bond acceptors (Lipinski definition) is 3. The van der Waals surface area contributed by atoms with Gasteiger partial charge in [0, 0.05) is 24.9 Å². The molecule has 1 aliphatic heterocycles. The first kappa shape index (κ1) is 20.3. The van der Waals surface area contributed by atoms with E-state index < -0.39 is 0 Å². The van der Waals surface area contributed by atoms with Crippen molar-refractivity contribution in [2.45, 2.75) is 45.6 Å². The van der Waals surface area contributed by atoms with Gasteiger partial charge in [0.25, 0.3) is 0 Å². The van der Waals surface area contributed by atoms with Crippen LogP contribution in [0.3, 0.4) is 0 Å². The Morgan fingerprint density at radius 1 is 1.07 bits per heavy atom. The highest BCUT2D eigenvalue weighted by atomic mass is 16.2. The topological polar surface area (TPSA) is 55.2 Å². The van der Waals surface area contributed by atoms with Crippen LogP contribution < -0.4 is 5.43 Å². The van der Waals surface area contributed by atoms with Crippen molar-refractivity contribution < 1.29 is 4.79 Å². The van der Waals surface area contributed by atoms with Crippen LogP contribution in [0.1, 0.15) is 36.8 Å². The zero-order chi connectivity index (χ0) is 20.9. The van der Waals surface area contributed by atoms with Crippen LogP contribution in [0, 0.1) is 12.8 Å². The van der Waals surface area contributed by atoms with Crippen LogP contribution in [-0.4, -0.2) is 33.7 Å². The number of likely N-dealkylation sites (tertiary alicyclic amines) is 1. The summed E-state index contributed by atoms with van der Waals surface area (Å²) in [4.78, 5) is 26.7. The summed E-state index contributed by atoms with van der Waals surface area (Å²) in [5, 5.41) is 4.88. The third kappa shape index (κ3) is 4.78. The van der Waals surface area contributed by atoms with Gasteiger partial charge in [-0.1, -0.05) is 42.0 Å². The Hall–Kier alpha value is -2.95. The Morgan fingerprint density at radius 2 is 1.80 bits per heavy atom. The predicted octanol–water partition coefficient (Wildman–Crippen LogP) is 3.97. The highest BCUT2D eigenvalue weighted by molar-refractivity contribution is 5.79. The van der Waals surface area contributed by atoms with Crippen LogP contribution >= 0.6 is 0 Å². The molecule has 1 fully saturated rings. The summed E-state index contributed by atoms with van der Waals surface area (Å²) in [5.41, 5.74) is 3.41. The van der Waals surface area contributed by atoms with E-state index in [0.717, 1.165) is 37.9 Å². The van der Waals surface area contributed by atoms with Gasteiger partial charge in [0.2, 0.25) is 11.3 Å². The van der Waals surface area contributed by atoms with Gasteiger partial charge in [-0.15, -0.1) is 0 Å². The van der Waals surface area contributed by atoms with Crippen molar-refractivity contribution >= 4 is 16.8 Å². The molecule has 0 saturated carbocycles. The minimum atomic E-state index is -0.0825. The molecular weight excluding hydrogens is 374 g/mol. The second-order valence-corrected chi connectivity index (χ2v) is 8.35. The zero-order valence-electron chi connectivity index (χ0n) is 17.6. The molecule has 156 valence electrons. The number of carbonyl (C=O) groups is 1. The Bertz CT molecular complexity index is 1060. The lowest BCUT2D eigenvalue weighted by atomic mass is 9.90. The van der Waals surface area contributed by atoms with E-state index in [1.165, 1.54) is 23.7 Å². The minimum Gasteiger partial charge on any atom is -0.343 e. The van der Waals surface area contributed by atoms with Crippen molar-refractivity contribution in [2.75, 3.05) is 13.1 Å². The average molecular weight is 404 g/mol. The molecule has 4 rings (SSSR count). The smallest absolute Gasteiger partial charge is 0.224 e. The molecule has 0 unspecified atom stereocenters. The molecule has 5 heteroatoms. The minimum absolute atomic E-state index is 0.0825. The van der Waals surface area contributed by atoms with Gasteiger partial charge in [-0.3, -0.25) is 14.3 Å². The molecule has 5 nitrogen and oxygen atoms in total. The van der Waals surface area contributed by atoms with E-state index in [0.29, 0.717) is 24.3 Å². The number of aryl methyl sites for hydroxylation is 3. The molecule has 3 aromatic rings. The van der Waals surface area contributed by atoms with Gasteiger partial charge in [0.15, 0.2) is 0 Å². The molecule has 2 aromatic carbocycles. The third-order valence-corrected chi connectivity index (χ3v) is 6.23. The van der Waals surface area contributed by atoms with Gasteiger partial charge in [-0.2, -0.15) is 5.10 Å². The maximum absolute atomic E-state index is 12.7. The van der Waals surface area contributed by atoms with Crippen molar-refractivity contribution in [2.24, 2.45) is 5.92 Å². The summed E-state index contributed by atoms with van der Waals surface area (Å²) >= 11 is 0. The van der Waals surface area contributed by atoms with Crippen molar-refractivity contribution in [3.63, 3.8) is 0 Å². The molecule has 0 atom stereocenters. The number of amides is 1. The summed E-state index contributed by atoms with van der Waals surface area (Å²) in [5.74, 6) is 0.872. The summed E-state index contributed by atoms with van der Waals surface area (Å²) in [6.45, 7) is 4.30. The van der Waals surface area contributed by atoms with Crippen LogP contribution in [0.4, 0.5) is 0 Å². The molecule has 2 heterocycles. The molecule has 0 aliphatic carbocycles. The van der Waals surface area contributed by atoms with E-state index in [1.807, 2.05) is 23.1 Å². The molecule has 1 aliphatic rings. The van der Waals surface area contributed by atoms with Gasteiger partial charge < -0.3 is 4.90 Å². The SMILES string of the molecule is Cc1ccc(CCC2CCN(C(=O)CCn3ncc(=O)c4ccccc43)CC2)cc1. The quantitative estimate of drug-likeness (QED) is 0.626. The lowest BCUT2D eigenvalue weighted by Crippen LogP contribution is -2.39. The Balaban J connectivity index is 1.26. The number of carbonyl (C=O) groups excluding carboxylic acids is 1. The van der Waals surface area contributed by atoms with E-state index in [4.69, 9.17) is 0 Å². The van der Waals surface area contributed by atoms with Gasteiger partial charge >= 0.3 is 0 Å². The first-order chi connectivity index (χ1) is 14.6. The molecule has 1 saturated heterocycles. The van der Waals surface area contributed by atoms with Crippen LogP contribution in [-0.2, 0) is 17.8 Å². The van der Waals surface area contributed by atoms with Crippen molar-refractivity contribution in [3.05, 3.63) is 76.1 Å². The van der Waals surface area contributed by atoms with E-state index in [-0.39, 0.29) is 11.3 Å². The molecule has 0 bridgehead atoms. The molecule has 0 radical (unpaired) electrons. The van der Waals surface area contributed by atoms with Crippen LogP contribution in [0.2, 0.25) is 0 Å². The average Bonchev–Trinajstić information content (AvgIpc) is 2.79. The second kappa shape index (κ2) is 9.24. The summed E-state index contributed by atoms with van der Waals surface area (Å²) < 4.78 is 1.77. The molecule has 1 amide bonds. The number of para-hydroxylation sites is 1. The van der Waals surface area contributed by atoms with Crippen LogP contribution in [0.15, 0.2) is 59.5 Å². The number of benzene rings is 2. The zero-order valence-corrected chi connectivity index (χ0v) is 17.6. The number of hydrogen-bond donors (Lipinski definition) is 0.